The molecule has 0 saturated heterocycles. The normalized spacial score (nSPS) is 12.8. The van der Waals surface area contributed by atoms with Crippen molar-refractivity contribution < 1.29 is 19.8 Å². The molecule has 0 aliphatic carbocycles. The fourth-order valence-corrected chi connectivity index (χ4v) is 3.46. The van der Waals surface area contributed by atoms with E-state index in [1.165, 1.54) is 4.90 Å². The molecule has 6 heteroatoms. The molecule has 2 aromatic rings. The second kappa shape index (κ2) is 13.1. The molecule has 1 atom stereocenters. The first-order valence-electron chi connectivity index (χ1n) is 11.3. The molecule has 0 bridgehead atoms. The number of allylic oxidation sites excluding steroid dienone is 1. The molecule has 0 heterocycles. The summed E-state index contributed by atoms with van der Waals surface area (Å²) >= 11 is 0. The van der Waals surface area contributed by atoms with Crippen molar-refractivity contribution in [2.45, 2.75) is 45.6 Å². The van der Waals surface area contributed by atoms with Crippen LogP contribution in [0.2, 0.25) is 0 Å². The van der Waals surface area contributed by atoms with Crippen molar-refractivity contribution in [1.82, 2.24) is 4.90 Å². The Morgan fingerprint density at radius 3 is 2.27 bits per heavy atom. The van der Waals surface area contributed by atoms with Gasteiger partial charge in [-0.1, -0.05) is 56.2 Å². The van der Waals surface area contributed by atoms with Gasteiger partial charge in [0.15, 0.2) is 0 Å². The van der Waals surface area contributed by atoms with Gasteiger partial charge >= 0.3 is 5.97 Å². The molecule has 33 heavy (non-hydrogen) atoms. The first-order chi connectivity index (χ1) is 15.8. The van der Waals surface area contributed by atoms with Crippen LogP contribution < -0.4 is 5.32 Å². The van der Waals surface area contributed by atoms with Crippen molar-refractivity contribution in [2.24, 2.45) is 0 Å². The van der Waals surface area contributed by atoms with E-state index in [1.54, 1.807) is 25.3 Å². The Kier molecular flexibility index (Phi) is 10.2. The predicted molar refractivity (Wildman–Crippen MR) is 133 cm³/mol. The number of rotatable bonds is 12. The van der Waals surface area contributed by atoms with Gasteiger partial charge in [-0.2, -0.15) is 0 Å². The zero-order chi connectivity index (χ0) is 24.2. The highest BCUT2D eigenvalue weighted by Crippen LogP contribution is 2.22. The lowest BCUT2D eigenvalue weighted by Gasteiger charge is -2.22. The third-order valence-electron chi connectivity index (χ3n) is 5.44. The summed E-state index contributed by atoms with van der Waals surface area (Å²) in [7, 11) is 1.60. The molecule has 3 N–H and O–H groups in total. The van der Waals surface area contributed by atoms with Crippen LogP contribution in [0.25, 0.3) is 5.76 Å². The van der Waals surface area contributed by atoms with Gasteiger partial charge in [-0.15, -0.1) is 0 Å². The van der Waals surface area contributed by atoms with Gasteiger partial charge in [0, 0.05) is 30.4 Å². The maximum atomic E-state index is 12.5. The van der Waals surface area contributed by atoms with E-state index < -0.39 is 5.97 Å². The van der Waals surface area contributed by atoms with Crippen molar-refractivity contribution in [3.63, 3.8) is 0 Å². The summed E-state index contributed by atoms with van der Waals surface area (Å²) < 4.78 is 0. The minimum atomic E-state index is -0.931. The molecule has 1 unspecified atom stereocenters. The largest absolute Gasteiger partial charge is 0.507 e. The van der Waals surface area contributed by atoms with Crippen molar-refractivity contribution >= 4 is 23.3 Å². The van der Waals surface area contributed by atoms with Crippen LogP contribution in [0.4, 0.5) is 5.69 Å². The van der Waals surface area contributed by atoms with Gasteiger partial charge in [0.1, 0.15) is 5.76 Å². The van der Waals surface area contributed by atoms with Crippen LogP contribution >= 0.6 is 0 Å². The monoisotopic (exact) mass is 450 g/mol. The number of aliphatic hydroxyl groups is 1. The number of carboxylic acids is 1. The van der Waals surface area contributed by atoms with Crippen LogP contribution in [0, 0.1) is 0 Å². The molecular weight excluding hydrogens is 416 g/mol. The van der Waals surface area contributed by atoms with Crippen LogP contribution in [-0.2, 0) is 4.79 Å². The van der Waals surface area contributed by atoms with Gasteiger partial charge in [-0.25, -0.2) is 0 Å². The van der Waals surface area contributed by atoms with Crippen LogP contribution in [-0.4, -0.2) is 46.6 Å². The third kappa shape index (κ3) is 8.15. The molecule has 0 radical (unpaired) electrons. The molecule has 176 valence electrons. The molecule has 0 aliphatic rings. The topological polar surface area (TPSA) is 89.9 Å². The zero-order valence-corrected chi connectivity index (χ0v) is 19.6. The molecule has 1 amide bonds. The van der Waals surface area contributed by atoms with Crippen molar-refractivity contribution in [3.8, 4) is 0 Å². The number of unbranched alkanes of at least 4 members (excludes halogenated alkanes) is 1. The number of nitrogens with one attached hydrogen (secondary N) is 1. The molecule has 0 spiro atoms. The average molecular weight is 451 g/mol. The number of benzene rings is 2. The zero-order valence-electron chi connectivity index (χ0n) is 19.6. The first-order valence-corrected chi connectivity index (χ1v) is 11.3. The summed E-state index contributed by atoms with van der Waals surface area (Å²) in [5, 5.41) is 22.9. The first kappa shape index (κ1) is 25.7. The van der Waals surface area contributed by atoms with E-state index in [0.29, 0.717) is 5.56 Å². The fourth-order valence-electron chi connectivity index (χ4n) is 3.46. The van der Waals surface area contributed by atoms with Gasteiger partial charge in [-0.3, -0.25) is 9.59 Å². The molecular formula is C27H34N2O4. The molecule has 2 rings (SSSR count). The fraction of sp³-hybridized carbons (Fsp3) is 0.333. The van der Waals surface area contributed by atoms with E-state index in [2.05, 4.69) is 12.2 Å². The Labute approximate surface area is 196 Å². The highest BCUT2D eigenvalue weighted by Gasteiger charge is 2.15. The van der Waals surface area contributed by atoms with E-state index in [1.807, 2.05) is 55.5 Å². The van der Waals surface area contributed by atoms with Crippen LogP contribution in [0.3, 0.4) is 0 Å². The quantitative estimate of drug-likeness (QED) is 0.283. The van der Waals surface area contributed by atoms with Crippen molar-refractivity contribution in [1.29, 1.82) is 0 Å². The number of amides is 1. The van der Waals surface area contributed by atoms with E-state index in [9.17, 15) is 14.7 Å². The second-order valence-corrected chi connectivity index (χ2v) is 7.97. The van der Waals surface area contributed by atoms with Crippen molar-refractivity contribution in [2.75, 3.05) is 18.9 Å². The number of aliphatic hydroxyl groups excluding tert-OH is 1. The van der Waals surface area contributed by atoms with E-state index in [-0.39, 0.29) is 30.7 Å². The smallest absolute Gasteiger partial charge is 0.305 e. The Hall–Kier alpha value is -3.54. The summed E-state index contributed by atoms with van der Waals surface area (Å²) in [4.78, 5) is 24.7. The molecule has 0 saturated carbocycles. The number of carbonyl (C=O) groups is 2. The van der Waals surface area contributed by atoms with Crippen LogP contribution in [0.15, 0.2) is 72.3 Å². The number of hydrogen-bond acceptors (Lipinski definition) is 4. The SMILES string of the molecule is C/C=C(/C=C(\O)c1ccccc1)C(CCCC)Nc1ccc(C(=O)N(C)CCC(=O)O)cc1. The molecule has 6 nitrogen and oxygen atoms in total. The van der Waals surface area contributed by atoms with E-state index in [4.69, 9.17) is 5.11 Å². The van der Waals surface area contributed by atoms with E-state index >= 15 is 0 Å². The lowest BCUT2D eigenvalue weighted by Crippen LogP contribution is -2.29. The van der Waals surface area contributed by atoms with Gasteiger partial charge < -0.3 is 20.4 Å². The number of carboxylic acid groups (broad SMARTS) is 1. The number of aliphatic carboxylic acids is 1. The van der Waals surface area contributed by atoms with Crippen LogP contribution in [0.5, 0.6) is 0 Å². The second-order valence-electron chi connectivity index (χ2n) is 7.97. The van der Waals surface area contributed by atoms with Gasteiger partial charge in [-0.05, 0) is 49.3 Å². The summed E-state index contributed by atoms with van der Waals surface area (Å²) in [6.45, 7) is 4.26. The Balaban J connectivity index is 2.15. The number of anilines is 1. The molecule has 0 aromatic heterocycles. The lowest BCUT2D eigenvalue weighted by molar-refractivity contribution is -0.137. The maximum absolute atomic E-state index is 12.5. The highest BCUT2D eigenvalue weighted by molar-refractivity contribution is 5.94. The number of carbonyl (C=O) groups excluding carboxylic acids is 1. The average Bonchev–Trinajstić information content (AvgIpc) is 2.84. The van der Waals surface area contributed by atoms with Gasteiger partial charge in [0.05, 0.1) is 12.5 Å². The summed E-state index contributed by atoms with van der Waals surface area (Å²) in [5.74, 6) is -0.924. The number of hydrogen-bond donors (Lipinski definition) is 3. The summed E-state index contributed by atoms with van der Waals surface area (Å²) in [6, 6.07) is 16.6. The molecule has 0 fully saturated rings. The molecule has 2 aromatic carbocycles. The minimum absolute atomic E-state index is 0.000559. The maximum Gasteiger partial charge on any atom is 0.305 e. The van der Waals surface area contributed by atoms with Crippen LogP contribution in [0.1, 0.15) is 55.5 Å². The van der Waals surface area contributed by atoms with Gasteiger partial charge in [0.25, 0.3) is 5.91 Å². The minimum Gasteiger partial charge on any atom is -0.507 e. The Morgan fingerprint density at radius 2 is 1.70 bits per heavy atom. The van der Waals surface area contributed by atoms with Gasteiger partial charge in [0.2, 0.25) is 0 Å². The Bertz CT molecular complexity index is 965. The Morgan fingerprint density at radius 1 is 1.03 bits per heavy atom. The van der Waals surface area contributed by atoms with E-state index in [0.717, 1.165) is 36.1 Å². The summed E-state index contributed by atoms with van der Waals surface area (Å²) in [6.07, 6.45) is 6.70. The molecule has 0 aliphatic heterocycles. The lowest BCUT2D eigenvalue weighted by atomic mass is 9.98. The number of nitrogens with zero attached hydrogens (tertiary/aromatic N) is 1. The summed E-state index contributed by atoms with van der Waals surface area (Å²) in [5.41, 5.74) is 3.12. The third-order valence-corrected chi connectivity index (χ3v) is 5.44. The predicted octanol–water partition coefficient (Wildman–Crippen LogP) is 5.75. The highest BCUT2D eigenvalue weighted by atomic mass is 16.4. The standard InChI is InChI=1S/C27H34N2O4/c1-4-6-12-24(20(5-2)19-25(30)21-10-8-7-9-11-21)28-23-15-13-22(14-16-23)27(33)29(3)18-17-26(31)32/h5,7-11,13-16,19,24,28,30H,4,6,12,17-18H2,1-3H3,(H,31,32)/b20-5-,25-19-. The van der Waals surface area contributed by atoms with Crippen molar-refractivity contribution in [3.05, 3.63) is 83.4 Å².